The average Bonchev–Trinajstić information content (AvgIpc) is 2.95. The summed E-state index contributed by atoms with van der Waals surface area (Å²) in [5.41, 5.74) is 0.937. The molecule has 1 fully saturated rings. The summed E-state index contributed by atoms with van der Waals surface area (Å²) in [5, 5.41) is 10.3. The lowest BCUT2D eigenvalue weighted by Gasteiger charge is -2.13. The van der Waals surface area contributed by atoms with Crippen LogP contribution < -0.4 is 0 Å². The minimum atomic E-state index is -0.454. The zero-order valence-corrected chi connectivity index (χ0v) is 10.5. The fourth-order valence-electron chi connectivity index (χ4n) is 2.28. The molecule has 2 aromatic rings. The van der Waals surface area contributed by atoms with Crippen molar-refractivity contribution in [2.24, 2.45) is 7.05 Å². The molecule has 2 aromatic heterocycles. The Labute approximate surface area is 106 Å². The molecule has 0 spiro atoms. The normalized spacial score (nSPS) is 17.0. The fraction of sp³-hybridized carbons (Fsp3) is 0.538. The molecule has 1 aliphatic carbocycles. The molecule has 0 aromatic carbocycles. The first-order valence-corrected chi connectivity index (χ1v) is 6.41. The molecule has 2 heterocycles. The van der Waals surface area contributed by atoms with Gasteiger partial charge in [-0.25, -0.2) is 9.97 Å². The maximum absolute atomic E-state index is 10.3. The molecule has 1 atom stereocenters. The lowest BCUT2D eigenvalue weighted by atomic mass is 10.1. The highest BCUT2D eigenvalue weighted by atomic mass is 16.3. The van der Waals surface area contributed by atoms with Crippen molar-refractivity contribution in [1.82, 2.24) is 19.1 Å². The van der Waals surface area contributed by atoms with Crippen LogP contribution in [-0.4, -0.2) is 24.2 Å². The van der Waals surface area contributed by atoms with Gasteiger partial charge in [-0.1, -0.05) is 0 Å². The molecule has 96 valence electrons. The van der Waals surface area contributed by atoms with E-state index in [4.69, 9.17) is 0 Å². The van der Waals surface area contributed by atoms with Crippen LogP contribution in [0.2, 0.25) is 0 Å². The standard InChI is InChI=1S/C13H18N4O/c1-16-7-6-15-13(16)5-4-12(18)11-8-14-9-17(11)10-2-3-10/h6-10,12,18H,2-5H2,1H3. The summed E-state index contributed by atoms with van der Waals surface area (Å²) < 4.78 is 4.11. The van der Waals surface area contributed by atoms with Crippen molar-refractivity contribution >= 4 is 0 Å². The van der Waals surface area contributed by atoms with E-state index >= 15 is 0 Å². The molecule has 1 N–H and O–H groups in total. The topological polar surface area (TPSA) is 55.9 Å². The summed E-state index contributed by atoms with van der Waals surface area (Å²) >= 11 is 0. The van der Waals surface area contributed by atoms with Gasteiger partial charge in [0.05, 0.1) is 24.3 Å². The van der Waals surface area contributed by atoms with E-state index in [0.29, 0.717) is 12.5 Å². The quantitative estimate of drug-likeness (QED) is 0.872. The van der Waals surface area contributed by atoms with Crippen molar-refractivity contribution < 1.29 is 5.11 Å². The second-order valence-electron chi connectivity index (χ2n) is 4.97. The number of hydrogen-bond donors (Lipinski definition) is 1. The van der Waals surface area contributed by atoms with Crippen molar-refractivity contribution in [3.8, 4) is 0 Å². The number of aliphatic hydroxyl groups is 1. The maximum atomic E-state index is 10.3. The molecule has 0 bridgehead atoms. The van der Waals surface area contributed by atoms with Crippen LogP contribution in [0.1, 0.15) is 42.9 Å². The lowest BCUT2D eigenvalue weighted by molar-refractivity contribution is 0.157. The van der Waals surface area contributed by atoms with E-state index in [2.05, 4.69) is 14.5 Å². The minimum absolute atomic E-state index is 0.454. The summed E-state index contributed by atoms with van der Waals surface area (Å²) in [7, 11) is 1.98. The molecule has 0 radical (unpaired) electrons. The van der Waals surface area contributed by atoms with Gasteiger partial charge in [-0.15, -0.1) is 0 Å². The number of imidazole rings is 2. The highest BCUT2D eigenvalue weighted by molar-refractivity contribution is 5.07. The van der Waals surface area contributed by atoms with E-state index in [1.807, 2.05) is 24.1 Å². The number of rotatable bonds is 5. The van der Waals surface area contributed by atoms with Crippen molar-refractivity contribution in [3.63, 3.8) is 0 Å². The van der Waals surface area contributed by atoms with Gasteiger partial charge < -0.3 is 14.2 Å². The zero-order chi connectivity index (χ0) is 12.5. The third-order valence-electron chi connectivity index (χ3n) is 3.54. The summed E-state index contributed by atoms with van der Waals surface area (Å²) in [6, 6.07) is 0.560. The predicted molar refractivity (Wildman–Crippen MR) is 67.0 cm³/mol. The van der Waals surface area contributed by atoms with Crippen LogP contribution in [-0.2, 0) is 13.5 Å². The number of hydrogen-bond acceptors (Lipinski definition) is 3. The molecular weight excluding hydrogens is 228 g/mol. The largest absolute Gasteiger partial charge is 0.387 e. The van der Waals surface area contributed by atoms with E-state index < -0.39 is 6.10 Å². The van der Waals surface area contributed by atoms with Crippen molar-refractivity contribution in [3.05, 3.63) is 36.4 Å². The first kappa shape index (κ1) is 11.5. The molecule has 0 aliphatic heterocycles. The van der Waals surface area contributed by atoms with Gasteiger partial charge in [0.2, 0.25) is 0 Å². The number of nitrogens with zero attached hydrogens (tertiary/aromatic N) is 4. The minimum Gasteiger partial charge on any atom is -0.387 e. The second-order valence-corrected chi connectivity index (χ2v) is 4.97. The van der Waals surface area contributed by atoms with E-state index in [1.165, 1.54) is 12.8 Å². The Morgan fingerprint density at radius 1 is 1.50 bits per heavy atom. The summed E-state index contributed by atoms with van der Waals surface area (Å²) in [5.74, 6) is 1.01. The number of aliphatic hydroxyl groups excluding tert-OH is 1. The van der Waals surface area contributed by atoms with Crippen LogP contribution in [0.15, 0.2) is 24.9 Å². The van der Waals surface area contributed by atoms with Crippen molar-refractivity contribution in [2.75, 3.05) is 0 Å². The molecular formula is C13H18N4O. The van der Waals surface area contributed by atoms with E-state index in [0.717, 1.165) is 17.9 Å². The SMILES string of the molecule is Cn1ccnc1CCC(O)c1cncn1C1CC1. The fourth-order valence-corrected chi connectivity index (χ4v) is 2.28. The molecule has 5 nitrogen and oxygen atoms in total. The Hall–Kier alpha value is -1.62. The molecule has 1 unspecified atom stereocenters. The molecule has 5 heteroatoms. The molecule has 0 saturated heterocycles. The second kappa shape index (κ2) is 4.57. The van der Waals surface area contributed by atoms with Gasteiger partial charge in [-0.05, 0) is 19.3 Å². The monoisotopic (exact) mass is 246 g/mol. The molecule has 18 heavy (non-hydrogen) atoms. The Morgan fingerprint density at radius 3 is 3.00 bits per heavy atom. The summed E-state index contributed by atoms with van der Waals surface area (Å²) in [6.07, 6.45) is 10.7. The van der Waals surface area contributed by atoms with E-state index in [-0.39, 0.29) is 0 Å². The Balaban J connectivity index is 1.65. The van der Waals surface area contributed by atoms with Crippen LogP contribution in [0.4, 0.5) is 0 Å². The zero-order valence-electron chi connectivity index (χ0n) is 10.5. The van der Waals surface area contributed by atoms with Gasteiger partial charge in [0, 0.05) is 31.9 Å². The van der Waals surface area contributed by atoms with Gasteiger partial charge in [0.1, 0.15) is 5.82 Å². The van der Waals surface area contributed by atoms with E-state index in [1.54, 1.807) is 12.4 Å². The highest BCUT2D eigenvalue weighted by Crippen LogP contribution is 2.37. The predicted octanol–water partition coefficient (Wildman–Crippen LogP) is 1.62. The highest BCUT2D eigenvalue weighted by Gasteiger charge is 2.27. The lowest BCUT2D eigenvalue weighted by Crippen LogP contribution is -2.08. The molecule has 1 aliphatic rings. The maximum Gasteiger partial charge on any atom is 0.108 e. The third kappa shape index (κ3) is 2.18. The van der Waals surface area contributed by atoms with Gasteiger partial charge in [-0.2, -0.15) is 0 Å². The summed E-state index contributed by atoms with van der Waals surface area (Å²) in [4.78, 5) is 8.42. The van der Waals surface area contributed by atoms with Crippen LogP contribution in [0.3, 0.4) is 0 Å². The third-order valence-corrected chi connectivity index (χ3v) is 3.54. The van der Waals surface area contributed by atoms with E-state index in [9.17, 15) is 5.11 Å². The van der Waals surface area contributed by atoms with Gasteiger partial charge in [0.25, 0.3) is 0 Å². The summed E-state index contributed by atoms with van der Waals surface area (Å²) in [6.45, 7) is 0. The Bertz CT molecular complexity index is 527. The molecule has 0 amide bonds. The van der Waals surface area contributed by atoms with Gasteiger partial charge >= 0.3 is 0 Å². The number of aryl methyl sites for hydroxylation is 2. The van der Waals surface area contributed by atoms with Crippen LogP contribution in [0, 0.1) is 0 Å². The van der Waals surface area contributed by atoms with Gasteiger partial charge in [-0.3, -0.25) is 0 Å². The van der Waals surface area contributed by atoms with Crippen LogP contribution in [0.25, 0.3) is 0 Å². The smallest absolute Gasteiger partial charge is 0.108 e. The van der Waals surface area contributed by atoms with Crippen molar-refractivity contribution in [1.29, 1.82) is 0 Å². The molecule has 3 rings (SSSR count). The Morgan fingerprint density at radius 2 is 2.33 bits per heavy atom. The first-order valence-electron chi connectivity index (χ1n) is 6.41. The van der Waals surface area contributed by atoms with Crippen LogP contribution in [0.5, 0.6) is 0 Å². The van der Waals surface area contributed by atoms with Crippen molar-refractivity contribution in [2.45, 2.75) is 37.8 Å². The first-order chi connectivity index (χ1) is 8.75. The Kier molecular flexibility index (Phi) is 2.91. The van der Waals surface area contributed by atoms with Gasteiger partial charge in [0.15, 0.2) is 0 Å². The van der Waals surface area contributed by atoms with Crippen LogP contribution >= 0.6 is 0 Å². The average molecular weight is 246 g/mol. The number of aromatic nitrogens is 4. The molecule has 1 saturated carbocycles.